The summed E-state index contributed by atoms with van der Waals surface area (Å²) in [6.07, 6.45) is -10.6. The number of aliphatic hydroxyl groups excluding tert-OH is 1. The molecule has 2 rings (SSSR count). The smallest absolute Gasteiger partial charge is 0.299 e. The van der Waals surface area contributed by atoms with Gasteiger partial charge in [-0.25, -0.2) is 20.0 Å². The number of benzene rings is 2. The summed E-state index contributed by atoms with van der Waals surface area (Å²) >= 11 is 0. The van der Waals surface area contributed by atoms with E-state index in [9.17, 15) is 54.1 Å². The van der Waals surface area contributed by atoms with Crippen LogP contribution in [0.5, 0.6) is 0 Å². The predicted octanol–water partition coefficient (Wildman–Crippen LogP) is -8.17. The third-order valence-corrected chi connectivity index (χ3v) is 7.75. The Morgan fingerprint density at radius 1 is 0.625 bits per heavy atom. The molecule has 0 aromatic heterocycles. The molecule has 0 fully saturated rings. The Kier molecular flexibility index (Phi) is 18.2. The number of hydrogen-bond donors (Lipinski definition) is 16. The van der Waals surface area contributed by atoms with Crippen molar-refractivity contribution in [2.24, 2.45) is 71.6 Å². The van der Waals surface area contributed by atoms with Gasteiger partial charge in [-0.05, 0) is 18.1 Å². The second-order valence-electron chi connectivity index (χ2n) is 12.6. The zero-order valence-corrected chi connectivity index (χ0v) is 33.4. The molecule has 0 bridgehead atoms. The molecule has 0 saturated heterocycles. The van der Waals surface area contributed by atoms with Crippen molar-refractivity contribution in [2.75, 3.05) is 17.2 Å². The van der Waals surface area contributed by atoms with E-state index in [1.807, 2.05) is 16.0 Å². The van der Waals surface area contributed by atoms with Gasteiger partial charge in [-0.2, -0.15) is 0 Å². The van der Waals surface area contributed by atoms with Crippen LogP contribution in [0.25, 0.3) is 0 Å². The van der Waals surface area contributed by atoms with Crippen LogP contribution in [0.1, 0.15) is 24.9 Å². The second kappa shape index (κ2) is 22.9. The van der Waals surface area contributed by atoms with Crippen LogP contribution in [-0.4, -0.2) is 112 Å². The summed E-state index contributed by atoms with van der Waals surface area (Å²) in [5.41, 5.74) is 51.4. The van der Waals surface area contributed by atoms with Gasteiger partial charge in [0.1, 0.15) is 17.4 Å². The number of nitrogens with one attached hydrogen (secondary N) is 5. The average Bonchev–Trinajstić information content (AvgIpc) is 3.19. The number of nitro groups is 2. The molecule has 0 saturated carbocycles. The summed E-state index contributed by atoms with van der Waals surface area (Å²) in [5.74, 6) is -11.3. The Morgan fingerprint density at radius 3 is 1.42 bits per heavy atom. The lowest BCUT2D eigenvalue weighted by Crippen LogP contribution is -2.58. The summed E-state index contributed by atoms with van der Waals surface area (Å²) in [5, 5.41) is 45.1. The van der Waals surface area contributed by atoms with E-state index in [1.54, 1.807) is 6.92 Å². The van der Waals surface area contributed by atoms with Crippen molar-refractivity contribution in [3.63, 3.8) is 0 Å². The molecule has 33 heteroatoms. The topological polar surface area (TPSA) is 582 Å². The monoisotopic (exact) mass is 902 g/mol. The zero-order chi connectivity index (χ0) is 48.6. The number of nitrogens with zero attached hydrogens (tertiary/aromatic N) is 7. The molecule has 0 heterocycles. The third kappa shape index (κ3) is 14.8. The number of aliphatic hydroxyl groups is 1. The number of carbonyl (C=O) groups is 6. The summed E-state index contributed by atoms with van der Waals surface area (Å²) in [6.45, 7) is 1.31. The molecule has 6 atom stereocenters. The van der Waals surface area contributed by atoms with Crippen LogP contribution in [-0.2, 0) is 28.8 Å². The average molecular weight is 903 g/mol. The number of aliphatic imine (C=N–C) groups is 4. The summed E-state index contributed by atoms with van der Waals surface area (Å²) in [7, 11) is 0. The molecule has 0 spiro atoms. The summed E-state index contributed by atoms with van der Waals surface area (Å²) in [6, 6.07) is 6.62. The van der Waals surface area contributed by atoms with Gasteiger partial charge in [0.15, 0.2) is 23.8 Å². The first kappa shape index (κ1) is 50.8. The van der Waals surface area contributed by atoms with Gasteiger partial charge < -0.3 is 93.9 Å². The minimum atomic E-state index is -2.33. The maximum Gasteiger partial charge on any atom is 0.299 e. The van der Waals surface area contributed by atoms with Crippen LogP contribution in [0.2, 0.25) is 0 Å². The van der Waals surface area contributed by atoms with Gasteiger partial charge in [0.2, 0.25) is 36.8 Å². The first-order valence-electron chi connectivity index (χ1n) is 17.8. The van der Waals surface area contributed by atoms with E-state index >= 15 is 0 Å². The number of carbonyl (C=O) groups excluding carboxylic acids is 6. The Labute approximate surface area is 359 Å². The first-order chi connectivity index (χ1) is 29.9. The number of anilines is 2. The molecule has 6 unspecified atom stereocenters. The van der Waals surface area contributed by atoms with E-state index in [4.69, 9.17) is 57.3 Å². The number of guanidine groups is 4. The van der Waals surface area contributed by atoms with E-state index in [0.29, 0.717) is 6.07 Å². The Bertz CT molecular complexity index is 2220. The second-order valence-corrected chi connectivity index (χ2v) is 12.6. The maximum absolute atomic E-state index is 14.0. The molecule has 26 N–H and O–H groups in total. The van der Waals surface area contributed by atoms with Crippen molar-refractivity contribution in [1.29, 1.82) is 0 Å². The fourth-order valence-electron chi connectivity index (χ4n) is 5.13. The molecule has 6 amide bonds. The minimum absolute atomic E-state index is 0.0113. The Hall–Kier alpha value is -9.30. The van der Waals surface area contributed by atoms with Crippen molar-refractivity contribution in [1.82, 2.24) is 26.6 Å². The van der Waals surface area contributed by atoms with E-state index in [1.165, 1.54) is 30.3 Å². The molecule has 0 radical (unpaired) electrons. The zero-order valence-electron chi connectivity index (χ0n) is 33.4. The minimum Gasteiger partial charge on any atom is -0.393 e. The number of nitro benzene ring substituents is 2. The Morgan fingerprint density at radius 2 is 1.03 bits per heavy atom. The number of rotatable bonds is 22. The quantitative estimate of drug-likeness (QED) is 0.0130. The molecule has 33 nitrogen and oxygen atoms in total. The van der Waals surface area contributed by atoms with Gasteiger partial charge in [0.05, 0.1) is 15.9 Å². The van der Waals surface area contributed by atoms with E-state index in [-0.39, 0.29) is 18.5 Å². The van der Waals surface area contributed by atoms with Gasteiger partial charge in [-0.3, -0.25) is 49.0 Å². The highest BCUT2D eigenvalue weighted by Gasteiger charge is 2.36. The van der Waals surface area contributed by atoms with E-state index in [2.05, 4.69) is 30.6 Å². The fraction of sp³-hybridized carbons (Fsp3) is 0.290. The molecular formula is C31H46N22O11. The van der Waals surface area contributed by atoms with Gasteiger partial charge in [0, 0.05) is 6.54 Å². The van der Waals surface area contributed by atoms with Crippen LogP contribution >= 0.6 is 0 Å². The summed E-state index contributed by atoms with van der Waals surface area (Å²) < 4.78 is 0. The molecule has 2 aromatic rings. The summed E-state index contributed by atoms with van der Waals surface area (Å²) in [4.78, 5) is 116. The highest BCUT2D eigenvalue weighted by atomic mass is 16.6. The molecule has 346 valence electrons. The normalized spacial score (nSPS) is 13.2. The van der Waals surface area contributed by atoms with Crippen molar-refractivity contribution < 1.29 is 43.7 Å². The largest absolute Gasteiger partial charge is 0.393 e. The number of hydrogen-bond acceptors (Lipinski definition) is 17. The fourth-order valence-corrected chi connectivity index (χ4v) is 5.13. The standard InChI is InChI=1S/C31H46N22O11/c1-2-8-51(14-9-12(32)13(52(61)62)10-15(14)53(63)64)27(60)26(59)42-16(11-6-4-3-5-7-11)22(55)44-19(48-29(36)37)24(57)46-21(50-31(40)41)25(58)45-20(49-30(38)39)23(56)43-18(17(33)54)47-28(34)35/h3-7,9-10,16,18-21,27,60H,2,8,32H2,1H3,(H2,33,54)(H,42,59)(H,43,56)(H,44,55)(H,45,58)(H,46,57)(H4,34,35,47)(H4,36,37,48)(H4,38,39,49)(H4,40,41,50). The van der Waals surface area contributed by atoms with Crippen molar-refractivity contribution in [2.45, 2.75) is 50.3 Å². The lowest BCUT2D eigenvalue weighted by Gasteiger charge is -2.30. The van der Waals surface area contributed by atoms with Crippen molar-refractivity contribution >= 4 is 82.0 Å². The lowest BCUT2D eigenvalue weighted by molar-refractivity contribution is -0.393. The van der Waals surface area contributed by atoms with Crippen molar-refractivity contribution in [3.05, 3.63) is 68.3 Å². The highest BCUT2D eigenvalue weighted by molar-refractivity contribution is 5.99. The predicted molar refractivity (Wildman–Crippen MR) is 225 cm³/mol. The van der Waals surface area contributed by atoms with Gasteiger partial charge in [0.25, 0.3) is 40.9 Å². The number of amides is 6. The number of nitrogen functional groups attached to an aromatic ring is 1. The van der Waals surface area contributed by atoms with Crippen LogP contribution < -0.4 is 88.8 Å². The number of nitrogens with two attached hydrogens (primary N) is 10. The Balaban J connectivity index is 2.52. The molecule has 2 aromatic carbocycles. The SMILES string of the molecule is CCCN(c1cc(N)c([N+](=O)[O-])cc1[N+](=O)[O-])C(O)C(=O)NC(C(=O)NC(N=C(N)N)C(=O)NC(N=C(N)N)C(=O)NC(N=C(N)N)C(=O)NC(N=C(N)N)C(N)=O)c1ccccc1. The van der Waals surface area contributed by atoms with Gasteiger partial charge in [-0.15, -0.1) is 0 Å². The van der Waals surface area contributed by atoms with Crippen LogP contribution in [0.4, 0.5) is 22.7 Å². The van der Waals surface area contributed by atoms with Gasteiger partial charge >= 0.3 is 0 Å². The molecule has 0 aliphatic carbocycles. The van der Waals surface area contributed by atoms with E-state index < -0.39 is 129 Å². The van der Waals surface area contributed by atoms with Crippen LogP contribution in [0.3, 0.4) is 0 Å². The first-order valence-corrected chi connectivity index (χ1v) is 17.8. The lowest BCUT2D eigenvalue weighted by atomic mass is 10.1. The molecule has 0 aliphatic heterocycles. The molecule has 64 heavy (non-hydrogen) atoms. The van der Waals surface area contributed by atoms with Crippen LogP contribution in [0.15, 0.2) is 62.4 Å². The third-order valence-electron chi connectivity index (χ3n) is 7.75. The molecular weight excluding hydrogens is 856 g/mol. The maximum atomic E-state index is 14.0. The van der Waals surface area contributed by atoms with Gasteiger partial charge in [-0.1, -0.05) is 37.3 Å². The highest BCUT2D eigenvalue weighted by Crippen LogP contribution is 2.37. The van der Waals surface area contributed by atoms with Crippen LogP contribution in [0, 0.1) is 20.2 Å². The number of primary amides is 1. The molecule has 0 aliphatic rings. The van der Waals surface area contributed by atoms with Crippen molar-refractivity contribution in [3.8, 4) is 0 Å². The van der Waals surface area contributed by atoms with E-state index in [0.717, 1.165) is 11.0 Å².